The number of ether oxygens (including phenoxy) is 2. The van der Waals surface area contributed by atoms with Crippen molar-refractivity contribution in [3.05, 3.63) is 65.7 Å². The SMILES string of the molecule is CCCCCCCCc1cccc(OC(C)COC(=O)C(C)CC[N+](C)(C)Cc2ccccc2)c1. The molecule has 0 aliphatic rings. The van der Waals surface area contributed by atoms with Gasteiger partial charge in [0.05, 0.1) is 26.6 Å². The molecule has 0 radical (unpaired) electrons. The molecule has 0 aliphatic heterocycles. The van der Waals surface area contributed by atoms with E-state index in [1.807, 2.05) is 26.0 Å². The number of esters is 1. The number of carbonyl (C=O) groups is 1. The summed E-state index contributed by atoms with van der Waals surface area (Å²) in [6.45, 7) is 8.31. The molecule has 0 fully saturated rings. The summed E-state index contributed by atoms with van der Waals surface area (Å²) in [4.78, 5) is 12.6. The normalized spacial score (nSPS) is 13.3. The Bertz CT molecular complexity index is 849. The summed E-state index contributed by atoms with van der Waals surface area (Å²) in [6, 6.07) is 18.8. The van der Waals surface area contributed by atoms with E-state index in [9.17, 15) is 4.79 Å². The molecular weight excluding hydrogens is 434 g/mol. The molecule has 0 aliphatic carbocycles. The van der Waals surface area contributed by atoms with Gasteiger partial charge in [-0.05, 0) is 37.5 Å². The van der Waals surface area contributed by atoms with Gasteiger partial charge in [-0.2, -0.15) is 0 Å². The molecule has 0 aromatic heterocycles. The molecule has 2 atom stereocenters. The molecule has 35 heavy (non-hydrogen) atoms. The molecule has 0 bridgehead atoms. The van der Waals surface area contributed by atoms with Crippen molar-refractivity contribution < 1.29 is 18.8 Å². The molecule has 0 saturated carbocycles. The maximum Gasteiger partial charge on any atom is 0.309 e. The Hall–Kier alpha value is -2.33. The number of hydrogen-bond donors (Lipinski definition) is 0. The van der Waals surface area contributed by atoms with Crippen LogP contribution >= 0.6 is 0 Å². The number of nitrogens with zero attached hydrogens (tertiary/aromatic N) is 1. The van der Waals surface area contributed by atoms with Crippen molar-refractivity contribution in [2.24, 2.45) is 5.92 Å². The van der Waals surface area contributed by atoms with Gasteiger partial charge in [0.15, 0.2) is 0 Å². The summed E-state index contributed by atoms with van der Waals surface area (Å²) in [5.41, 5.74) is 2.63. The minimum atomic E-state index is -0.180. The quantitative estimate of drug-likeness (QED) is 0.136. The van der Waals surface area contributed by atoms with Crippen molar-refractivity contribution in [1.29, 1.82) is 0 Å². The van der Waals surface area contributed by atoms with Crippen LogP contribution in [0.4, 0.5) is 0 Å². The molecule has 0 spiro atoms. The molecular formula is C31H48NO3+. The maximum atomic E-state index is 12.6. The van der Waals surface area contributed by atoms with Crippen LogP contribution in [0.1, 0.15) is 76.8 Å². The molecule has 0 N–H and O–H groups in total. The van der Waals surface area contributed by atoms with Gasteiger partial charge in [-0.1, -0.05) is 88.4 Å². The van der Waals surface area contributed by atoms with Crippen LogP contribution in [0.3, 0.4) is 0 Å². The topological polar surface area (TPSA) is 35.5 Å². The van der Waals surface area contributed by atoms with E-state index in [4.69, 9.17) is 9.47 Å². The van der Waals surface area contributed by atoms with Crippen LogP contribution in [0.5, 0.6) is 5.75 Å². The number of rotatable bonds is 17. The van der Waals surface area contributed by atoms with Crippen molar-refractivity contribution in [1.82, 2.24) is 0 Å². The highest BCUT2D eigenvalue weighted by molar-refractivity contribution is 5.71. The van der Waals surface area contributed by atoms with Crippen molar-refractivity contribution in [3.8, 4) is 5.75 Å². The fraction of sp³-hybridized carbons (Fsp3) is 0.581. The first kappa shape index (κ1) is 28.9. The monoisotopic (exact) mass is 482 g/mol. The van der Waals surface area contributed by atoms with Crippen LogP contribution in [0.15, 0.2) is 54.6 Å². The van der Waals surface area contributed by atoms with E-state index < -0.39 is 0 Å². The molecule has 2 rings (SSSR count). The first-order valence-electron chi connectivity index (χ1n) is 13.6. The Morgan fingerprint density at radius 3 is 2.31 bits per heavy atom. The second-order valence-corrected chi connectivity index (χ2v) is 10.7. The standard InChI is InChI=1S/C31H48NO3/c1-6-7-8-9-10-12-16-28-19-15-20-30(23-28)35-27(3)25-34-31(33)26(2)21-22-32(4,5)24-29-17-13-11-14-18-29/h11,13-15,17-20,23,26-27H,6-10,12,16,21-22,24-25H2,1-5H3/q+1. The van der Waals surface area contributed by atoms with E-state index in [2.05, 4.69) is 63.5 Å². The van der Waals surface area contributed by atoms with E-state index in [0.717, 1.165) is 36.2 Å². The summed E-state index contributed by atoms with van der Waals surface area (Å²) >= 11 is 0. The van der Waals surface area contributed by atoms with Crippen LogP contribution in [-0.2, 0) is 22.5 Å². The van der Waals surface area contributed by atoms with Crippen molar-refractivity contribution in [2.75, 3.05) is 27.2 Å². The van der Waals surface area contributed by atoms with Crippen LogP contribution in [-0.4, -0.2) is 43.8 Å². The predicted octanol–water partition coefficient (Wildman–Crippen LogP) is 7.20. The third kappa shape index (κ3) is 12.3. The van der Waals surface area contributed by atoms with Gasteiger partial charge in [-0.15, -0.1) is 0 Å². The van der Waals surface area contributed by atoms with Gasteiger partial charge in [0.2, 0.25) is 0 Å². The van der Waals surface area contributed by atoms with Gasteiger partial charge in [0, 0.05) is 12.0 Å². The molecule has 4 heteroatoms. The highest BCUT2D eigenvalue weighted by Crippen LogP contribution is 2.18. The summed E-state index contributed by atoms with van der Waals surface area (Å²) < 4.78 is 12.5. The van der Waals surface area contributed by atoms with Gasteiger partial charge < -0.3 is 14.0 Å². The largest absolute Gasteiger partial charge is 0.487 e. The van der Waals surface area contributed by atoms with E-state index in [1.54, 1.807) is 0 Å². The van der Waals surface area contributed by atoms with Crippen molar-refractivity contribution >= 4 is 5.97 Å². The Morgan fingerprint density at radius 1 is 0.886 bits per heavy atom. The summed E-state index contributed by atoms with van der Waals surface area (Å²) in [7, 11) is 4.42. The van der Waals surface area contributed by atoms with Gasteiger partial charge in [0.25, 0.3) is 0 Å². The molecule has 0 amide bonds. The van der Waals surface area contributed by atoms with E-state index >= 15 is 0 Å². The highest BCUT2D eigenvalue weighted by Gasteiger charge is 2.22. The minimum absolute atomic E-state index is 0.129. The number of quaternary nitrogens is 1. The van der Waals surface area contributed by atoms with Crippen LogP contribution in [0, 0.1) is 5.92 Å². The Kier molecular flexibility index (Phi) is 12.9. The Balaban J connectivity index is 1.68. The fourth-order valence-electron chi connectivity index (χ4n) is 4.31. The highest BCUT2D eigenvalue weighted by atomic mass is 16.6. The van der Waals surface area contributed by atoms with E-state index in [0.29, 0.717) is 0 Å². The number of hydrogen-bond acceptors (Lipinski definition) is 3. The van der Waals surface area contributed by atoms with E-state index in [1.165, 1.54) is 49.7 Å². The zero-order chi connectivity index (χ0) is 25.5. The average Bonchev–Trinajstić information content (AvgIpc) is 2.84. The third-order valence-electron chi connectivity index (χ3n) is 6.54. The van der Waals surface area contributed by atoms with Crippen LogP contribution in [0.25, 0.3) is 0 Å². The fourth-order valence-corrected chi connectivity index (χ4v) is 4.31. The Morgan fingerprint density at radius 2 is 1.57 bits per heavy atom. The molecule has 2 aromatic rings. The van der Waals surface area contributed by atoms with Gasteiger partial charge in [-0.25, -0.2) is 0 Å². The molecule has 2 aromatic carbocycles. The zero-order valence-corrected chi connectivity index (χ0v) is 22.8. The molecule has 0 heterocycles. The Labute approximate surface area is 214 Å². The summed E-state index contributed by atoms with van der Waals surface area (Å²) in [5, 5.41) is 0. The molecule has 0 saturated heterocycles. The lowest BCUT2D eigenvalue weighted by Crippen LogP contribution is -2.40. The third-order valence-corrected chi connectivity index (χ3v) is 6.54. The number of aryl methyl sites for hydroxylation is 1. The second kappa shape index (κ2) is 15.6. The molecule has 2 unspecified atom stereocenters. The number of unbranched alkanes of at least 4 members (excludes halogenated alkanes) is 5. The molecule has 4 nitrogen and oxygen atoms in total. The lowest BCUT2D eigenvalue weighted by molar-refractivity contribution is -0.904. The molecule has 194 valence electrons. The lowest BCUT2D eigenvalue weighted by Gasteiger charge is -2.30. The number of carbonyl (C=O) groups excluding carboxylic acids is 1. The zero-order valence-electron chi connectivity index (χ0n) is 22.8. The predicted molar refractivity (Wildman–Crippen MR) is 145 cm³/mol. The first-order valence-corrected chi connectivity index (χ1v) is 13.6. The first-order chi connectivity index (χ1) is 16.8. The smallest absolute Gasteiger partial charge is 0.309 e. The van der Waals surface area contributed by atoms with Crippen molar-refractivity contribution in [3.63, 3.8) is 0 Å². The summed E-state index contributed by atoms with van der Waals surface area (Å²) in [6.07, 6.45) is 9.52. The van der Waals surface area contributed by atoms with Gasteiger partial charge in [0.1, 0.15) is 25.0 Å². The van der Waals surface area contributed by atoms with Crippen molar-refractivity contribution in [2.45, 2.75) is 84.8 Å². The van der Waals surface area contributed by atoms with Crippen LogP contribution < -0.4 is 4.74 Å². The van der Waals surface area contributed by atoms with E-state index in [-0.39, 0.29) is 24.6 Å². The lowest BCUT2D eigenvalue weighted by atomic mass is 10.0. The van der Waals surface area contributed by atoms with Gasteiger partial charge in [-0.3, -0.25) is 4.79 Å². The maximum absolute atomic E-state index is 12.6. The van der Waals surface area contributed by atoms with Crippen LogP contribution in [0.2, 0.25) is 0 Å². The average molecular weight is 483 g/mol. The minimum Gasteiger partial charge on any atom is -0.487 e. The number of benzene rings is 2. The van der Waals surface area contributed by atoms with Gasteiger partial charge >= 0.3 is 5.97 Å². The second-order valence-electron chi connectivity index (χ2n) is 10.7. The summed E-state index contributed by atoms with van der Waals surface area (Å²) in [5.74, 6) is 0.582.